The van der Waals surface area contributed by atoms with E-state index in [0.717, 1.165) is 12.0 Å². The standard InChI is InChI=1S/C9H14BNO/c1-11(2)7-8-4-3-5-9(6-8)10-12/h3-6,10,12H,7H2,1-2H3. The van der Waals surface area contributed by atoms with Gasteiger partial charge in [-0.05, 0) is 19.7 Å². The van der Waals surface area contributed by atoms with Crippen LogP contribution in [-0.2, 0) is 6.54 Å². The highest BCUT2D eigenvalue weighted by Gasteiger charge is 1.96. The van der Waals surface area contributed by atoms with E-state index in [0.29, 0.717) is 0 Å². The molecule has 0 aliphatic carbocycles. The van der Waals surface area contributed by atoms with Gasteiger partial charge < -0.3 is 9.92 Å². The van der Waals surface area contributed by atoms with E-state index in [4.69, 9.17) is 5.02 Å². The Bertz CT molecular complexity index is 250. The van der Waals surface area contributed by atoms with Gasteiger partial charge in [0.05, 0.1) is 0 Å². The largest absolute Gasteiger partial charge is 0.449 e. The molecule has 0 aliphatic heterocycles. The van der Waals surface area contributed by atoms with Crippen molar-refractivity contribution >= 4 is 12.9 Å². The molecule has 1 rings (SSSR count). The summed E-state index contributed by atoms with van der Waals surface area (Å²) in [6.45, 7) is 0.924. The van der Waals surface area contributed by atoms with E-state index < -0.39 is 0 Å². The van der Waals surface area contributed by atoms with Crippen LogP contribution in [0.5, 0.6) is 0 Å². The Labute approximate surface area is 74.1 Å². The third kappa shape index (κ3) is 2.68. The molecule has 0 saturated heterocycles. The molecule has 0 spiro atoms. The van der Waals surface area contributed by atoms with Crippen molar-refractivity contribution in [2.75, 3.05) is 14.1 Å². The molecule has 1 N–H and O–H groups in total. The van der Waals surface area contributed by atoms with Crippen LogP contribution in [0.3, 0.4) is 0 Å². The summed E-state index contributed by atoms with van der Waals surface area (Å²) in [6, 6.07) is 8.00. The average Bonchev–Trinajstić information content (AvgIpc) is 2.03. The van der Waals surface area contributed by atoms with E-state index in [2.05, 4.69) is 11.0 Å². The highest BCUT2D eigenvalue weighted by Crippen LogP contribution is 1.98. The van der Waals surface area contributed by atoms with E-state index in [9.17, 15) is 0 Å². The number of rotatable bonds is 3. The molecule has 0 atom stereocenters. The van der Waals surface area contributed by atoms with Crippen LogP contribution in [0, 0.1) is 0 Å². The second kappa shape index (κ2) is 4.29. The predicted octanol–water partition coefficient (Wildman–Crippen LogP) is -0.283. The van der Waals surface area contributed by atoms with Gasteiger partial charge in [-0.15, -0.1) is 0 Å². The molecule has 12 heavy (non-hydrogen) atoms. The van der Waals surface area contributed by atoms with Crippen LogP contribution in [-0.4, -0.2) is 31.5 Å². The number of hydrogen-bond donors (Lipinski definition) is 1. The quantitative estimate of drug-likeness (QED) is 0.619. The van der Waals surface area contributed by atoms with Crippen molar-refractivity contribution in [3.63, 3.8) is 0 Å². The lowest BCUT2D eigenvalue weighted by molar-refractivity contribution is 0.402. The lowest BCUT2D eigenvalue weighted by Crippen LogP contribution is -2.16. The summed E-state index contributed by atoms with van der Waals surface area (Å²) < 4.78 is 0. The van der Waals surface area contributed by atoms with E-state index >= 15 is 0 Å². The molecule has 64 valence electrons. The summed E-state index contributed by atoms with van der Waals surface area (Å²) in [5.74, 6) is 0. The van der Waals surface area contributed by atoms with Crippen LogP contribution < -0.4 is 5.46 Å². The molecule has 1 aromatic carbocycles. The fourth-order valence-electron chi connectivity index (χ4n) is 1.19. The van der Waals surface area contributed by atoms with E-state index in [1.165, 1.54) is 5.56 Å². The summed E-state index contributed by atoms with van der Waals surface area (Å²) in [5, 5.41) is 8.88. The summed E-state index contributed by atoms with van der Waals surface area (Å²) in [5.41, 5.74) is 2.22. The lowest BCUT2D eigenvalue weighted by atomic mass is 9.88. The molecule has 0 aliphatic rings. The molecule has 1 aromatic rings. The maximum absolute atomic E-state index is 8.88. The minimum Gasteiger partial charge on any atom is -0.449 e. The number of benzene rings is 1. The predicted molar refractivity (Wildman–Crippen MR) is 52.8 cm³/mol. The number of nitrogens with zero attached hydrogens (tertiary/aromatic N) is 1. The highest BCUT2D eigenvalue weighted by molar-refractivity contribution is 6.45. The molecule has 0 amide bonds. The zero-order valence-electron chi connectivity index (χ0n) is 7.62. The first-order chi connectivity index (χ1) is 5.72. The van der Waals surface area contributed by atoms with Crippen molar-refractivity contribution in [3.05, 3.63) is 29.8 Å². The van der Waals surface area contributed by atoms with E-state index in [1.54, 1.807) is 0 Å². The molecule has 0 bridgehead atoms. The monoisotopic (exact) mass is 163 g/mol. The van der Waals surface area contributed by atoms with Gasteiger partial charge >= 0.3 is 7.48 Å². The summed E-state index contributed by atoms with van der Waals surface area (Å²) in [7, 11) is 4.19. The molecule has 0 heterocycles. The van der Waals surface area contributed by atoms with Gasteiger partial charge in [-0.25, -0.2) is 0 Å². The van der Waals surface area contributed by atoms with Crippen molar-refractivity contribution in [3.8, 4) is 0 Å². The van der Waals surface area contributed by atoms with Crippen molar-refractivity contribution < 1.29 is 5.02 Å². The Hall–Kier alpha value is -0.795. The maximum atomic E-state index is 8.88. The van der Waals surface area contributed by atoms with Gasteiger partial charge in [-0.3, -0.25) is 0 Å². The molecule has 3 heteroatoms. The van der Waals surface area contributed by atoms with Gasteiger partial charge in [0.25, 0.3) is 0 Å². The molecule has 0 aromatic heterocycles. The molecule has 0 radical (unpaired) electrons. The van der Waals surface area contributed by atoms with E-state index in [1.807, 2.05) is 32.3 Å². The van der Waals surface area contributed by atoms with Gasteiger partial charge in [-0.2, -0.15) is 0 Å². The molecule has 0 fully saturated rings. The Balaban J connectivity index is 2.72. The molecular weight excluding hydrogens is 149 g/mol. The van der Waals surface area contributed by atoms with Crippen LogP contribution in [0.2, 0.25) is 0 Å². The van der Waals surface area contributed by atoms with Crippen LogP contribution >= 0.6 is 0 Å². The second-order valence-corrected chi connectivity index (χ2v) is 3.22. The third-order valence-corrected chi connectivity index (χ3v) is 1.67. The average molecular weight is 163 g/mol. The first-order valence-corrected chi connectivity index (χ1v) is 4.06. The lowest BCUT2D eigenvalue weighted by Gasteiger charge is -2.09. The smallest absolute Gasteiger partial charge is 0.304 e. The summed E-state index contributed by atoms with van der Waals surface area (Å²) >= 11 is 0. The second-order valence-electron chi connectivity index (χ2n) is 3.22. The molecular formula is C9H14BNO. The normalized spacial score (nSPS) is 10.3. The number of hydrogen-bond acceptors (Lipinski definition) is 2. The van der Waals surface area contributed by atoms with Gasteiger partial charge in [0.15, 0.2) is 0 Å². The first-order valence-electron chi connectivity index (χ1n) is 4.06. The Morgan fingerprint density at radius 1 is 1.42 bits per heavy atom. The van der Waals surface area contributed by atoms with Crippen LogP contribution in [0.25, 0.3) is 0 Å². The topological polar surface area (TPSA) is 23.5 Å². The van der Waals surface area contributed by atoms with Crippen LogP contribution in [0.15, 0.2) is 24.3 Å². The summed E-state index contributed by atoms with van der Waals surface area (Å²) in [4.78, 5) is 2.11. The van der Waals surface area contributed by atoms with Crippen molar-refractivity contribution in [1.29, 1.82) is 0 Å². The van der Waals surface area contributed by atoms with Gasteiger partial charge in [0.2, 0.25) is 0 Å². The van der Waals surface area contributed by atoms with E-state index in [-0.39, 0.29) is 7.48 Å². The highest BCUT2D eigenvalue weighted by atomic mass is 16.2. The van der Waals surface area contributed by atoms with Gasteiger partial charge in [-0.1, -0.05) is 29.7 Å². The first kappa shape index (κ1) is 9.29. The Kier molecular flexibility index (Phi) is 3.32. The van der Waals surface area contributed by atoms with Gasteiger partial charge in [0, 0.05) is 6.54 Å². The van der Waals surface area contributed by atoms with Crippen LogP contribution in [0.4, 0.5) is 0 Å². The van der Waals surface area contributed by atoms with Crippen molar-refractivity contribution in [2.24, 2.45) is 0 Å². The fourth-order valence-corrected chi connectivity index (χ4v) is 1.19. The minimum absolute atomic E-state index is 0.126. The molecule has 0 saturated carbocycles. The zero-order chi connectivity index (χ0) is 8.97. The summed E-state index contributed by atoms with van der Waals surface area (Å²) in [6.07, 6.45) is 0. The Morgan fingerprint density at radius 3 is 2.75 bits per heavy atom. The fraction of sp³-hybridized carbons (Fsp3) is 0.333. The van der Waals surface area contributed by atoms with Crippen molar-refractivity contribution in [2.45, 2.75) is 6.54 Å². The third-order valence-electron chi connectivity index (χ3n) is 1.67. The molecule has 2 nitrogen and oxygen atoms in total. The minimum atomic E-state index is 0.126. The SMILES string of the molecule is CN(C)Cc1cccc(BO)c1. The molecule has 0 unspecified atom stereocenters. The maximum Gasteiger partial charge on any atom is 0.304 e. The van der Waals surface area contributed by atoms with Crippen molar-refractivity contribution in [1.82, 2.24) is 4.90 Å². The van der Waals surface area contributed by atoms with Gasteiger partial charge in [0.1, 0.15) is 0 Å². The van der Waals surface area contributed by atoms with Crippen LogP contribution in [0.1, 0.15) is 5.56 Å². The Morgan fingerprint density at radius 2 is 2.17 bits per heavy atom. The zero-order valence-corrected chi connectivity index (χ0v) is 7.62.